The maximum atomic E-state index is 13.6. The van der Waals surface area contributed by atoms with Crippen LogP contribution in [-0.2, 0) is 29.7 Å². The Labute approximate surface area is 202 Å². The molecule has 0 saturated heterocycles. The molecule has 1 aliphatic rings. The summed E-state index contributed by atoms with van der Waals surface area (Å²) < 4.78 is 15.5. The van der Waals surface area contributed by atoms with Crippen molar-refractivity contribution >= 4 is 17.2 Å². The minimum atomic E-state index is -0.275. The van der Waals surface area contributed by atoms with Crippen molar-refractivity contribution in [1.82, 2.24) is 19.7 Å². The first-order valence-corrected chi connectivity index (χ1v) is 12.3. The monoisotopic (exact) mass is 474 g/mol. The van der Waals surface area contributed by atoms with Gasteiger partial charge in [0.25, 0.3) is 0 Å². The lowest BCUT2D eigenvalue weighted by molar-refractivity contribution is -0.131. The van der Waals surface area contributed by atoms with Crippen LogP contribution in [0.2, 0.25) is 0 Å². The summed E-state index contributed by atoms with van der Waals surface area (Å²) in [6, 6.07) is 14.8. The van der Waals surface area contributed by atoms with E-state index in [1.165, 1.54) is 34.6 Å². The maximum absolute atomic E-state index is 13.6. The Morgan fingerprint density at radius 1 is 1.09 bits per heavy atom. The van der Waals surface area contributed by atoms with Crippen molar-refractivity contribution < 1.29 is 9.18 Å². The number of aromatic nitrogens is 3. The van der Waals surface area contributed by atoms with Gasteiger partial charge >= 0.3 is 0 Å². The molecule has 34 heavy (non-hydrogen) atoms. The van der Waals surface area contributed by atoms with E-state index >= 15 is 0 Å². The van der Waals surface area contributed by atoms with Gasteiger partial charge in [-0.1, -0.05) is 24.3 Å². The van der Waals surface area contributed by atoms with Gasteiger partial charge in [-0.2, -0.15) is 5.10 Å². The van der Waals surface area contributed by atoms with Crippen LogP contribution in [0.25, 0.3) is 21.8 Å². The normalized spacial score (nSPS) is 13.7. The molecule has 0 fully saturated rings. The van der Waals surface area contributed by atoms with Crippen LogP contribution >= 0.6 is 11.3 Å². The molecule has 0 bridgehead atoms. The highest BCUT2D eigenvalue weighted by molar-refractivity contribution is 7.13. The number of carbonyl (C=O) groups excluding carboxylic acids is 1. The van der Waals surface area contributed by atoms with Gasteiger partial charge in [-0.3, -0.25) is 9.48 Å². The number of thiazole rings is 1. The first-order valence-electron chi connectivity index (χ1n) is 11.4. The predicted molar refractivity (Wildman–Crippen MR) is 133 cm³/mol. The molecule has 1 amide bonds. The van der Waals surface area contributed by atoms with E-state index < -0.39 is 0 Å². The third-order valence-electron chi connectivity index (χ3n) is 6.12. The molecule has 7 heteroatoms. The van der Waals surface area contributed by atoms with E-state index in [4.69, 9.17) is 4.98 Å². The molecule has 0 aliphatic carbocycles. The van der Waals surface area contributed by atoms with Crippen molar-refractivity contribution in [2.24, 2.45) is 0 Å². The van der Waals surface area contributed by atoms with Crippen LogP contribution in [0, 0.1) is 5.82 Å². The van der Waals surface area contributed by atoms with Gasteiger partial charge < -0.3 is 4.90 Å². The van der Waals surface area contributed by atoms with Gasteiger partial charge in [-0.25, -0.2) is 9.37 Å². The Morgan fingerprint density at radius 2 is 1.82 bits per heavy atom. The molecule has 0 atom stereocenters. The van der Waals surface area contributed by atoms with Crippen LogP contribution in [0.3, 0.4) is 0 Å². The Balaban J connectivity index is 1.40. The van der Waals surface area contributed by atoms with Gasteiger partial charge in [-0.15, -0.1) is 11.3 Å². The second kappa shape index (κ2) is 8.80. The number of halogens is 1. The molecule has 174 valence electrons. The first kappa shape index (κ1) is 22.5. The third-order valence-corrected chi connectivity index (χ3v) is 7.04. The van der Waals surface area contributed by atoms with Gasteiger partial charge in [0, 0.05) is 24.0 Å². The summed E-state index contributed by atoms with van der Waals surface area (Å²) in [6.07, 6.45) is 2.98. The molecule has 2 aromatic heterocycles. The fourth-order valence-corrected chi connectivity index (χ4v) is 5.22. The van der Waals surface area contributed by atoms with Gasteiger partial charge in [0.05, 0.1) is 35.1 Å². The number of hydrogen-bond donors (Lipinski definition) is 0. The van der Waals surface area contributed by atoms with Crippen LogP contribution in [0.15, 0.2) is 60.1 Å². The summed E-state index contributed by atoms with van der Waals surface area (Å²) in [5.74, 6) is -0.182. The highest BCUT2D eigenvalue weighted by atomic mass is 32.1. The van der Waals surface area contributed by atoms with E-state index in [2.05, 4.69) is 44.1 Å². The summed E-state index contributed by atoms with van der Waals surface area (Å²) >= 11 is 1.51. The molecular formula is C27H27FN4OS. The smallest absolute Gasteiger partial charge is 0.228 e. The van der Waals surface area contributed by atoms with E-state index in [9.17, 15) is 9.18 Å². The van der Waals surface area contributed by atoms with Crippen LogP contribution in [0.4, 0.5) is 4.39 Å². The number of rotatable bonds is 4. The van der Waals surface area contributed by atoms with Crippen LogP contribution in [0.1, 0.15) is 37.6 Å². The predicted octanol–water partition coefficient (Wildman–Crippen LogP) is 5.70. The number of carbonyl (C=O) groups is 1. The lowest BCUT2D eigenvalue weighted by Gasteiger charge is -2.28. The minimum absolute atomic E-state index is 0.0931. The van der Waals surface area contributed by atoms with Crippen molar-refractivity contribution in [2.45, 2.75) is 45.7 Å². The van der Waals surface area contributed by atoms with Crippen molar-refractivity contribution in [1.29, 1.82) is 0 Å². The Bertz CT molecular complexity index is 1330. The molecule has 5 rings (SSSR count). The number of benzene rings is 2. The van der Waals surface area contributed by atoms with Crippen molar-refractivity contribution in [3.63, 3.8) is 0 Å². The lowest BCUT2D eigenvalue weighted by Crippen LogP contribution is -2.36. The highest BCUT2D eigenvalue weighted by Gasteiger charge is 2.25. The van der Waals surface area contributed by atoms with E-state index in [1.807, 2.05) is 27.2 Å². The van der Waals surface area contributed by atoms with Crippen molar-refractivity contribution in [3.05, 3.63) is 82.7 Å². The number of nitrogens with zero attached hydrogens (tertiary/aromatic N) is 4. The quantitative estimate of drug-likeness (QED) is 0.382. The molecule has 5 nitrogen and oxygen atoms in total. The average molecular weight is 475 g/mol. The van der Waals surface area contributed by atoms with Crippen LogP contribution in [-0.4, -0.2) is 32.1 Å². The molecule has 1 aliphatic heterocycles. The highest BCUT2D eigenvalue weighted by Crippen LogP contribution is 2.37. The zero-order valence-electron chi connectivity index (χ0n) is 19.6. The zero-order chi connectivity index (χ0) is 23.9. The second-order valence-corrected chi connectivity index (χ2v) is 10.5. The van der Waals surface area contributed by atoms with Gasteiger partial charge in [0.2, 0.25) is 5.91 Å². The number of fused-ring (bicyclic) bond motifs is 1. The lowest BCUT2D eigenvalue weighted by atomic mass is 10.00. The Hall–Kier alpha value is -3.32. The summed E-state index contributed by atoms with van der Waals surface area (Å²) in [6.45, 7) is 7.64. The third kappa shape index (κ3) is 4.40. The van der Waals surface area contributed by atoms with Gasteiger partial charge in [-0.05, 0) is 62.6 Å². The zero-order valence-corrected chi connectivity index (χ0v) is 20.4. The Kier molecular flexibility index (Phi) is 5.81. The fourth-order valence-electron chi connectivity index (χ4n) is 4.39. The molecule has 2 aromatic carbocycles. The summed E-state index contributed by atoms with van der Waals surface area (Å²) in [5, 5.41) is 7.40. The molecule has 0 spiro atoms. The molecule has 4 aromatic rings. The number of hydrogen-bond acceptors (Lipinski definition) is 4. The molecular weight excluding hydrogens is 447 g/mol. The molecule has 0 saturated carbocycles. The van der Waals surface area contributed by atoms with E-state index in [0.29, 0.717) is 6.54 Å². The van der Waals surface area contributed by atoms with E-state index in [-0.39, 0.29) is 23.7 Å². The van der Waals surface area contributed by atoms with E-state index in [1.54, 1.807) is 12.1 Å². The molecule has 0 radical (unpaired) electrons. The van der Waals surface area contributed by atoms with Crippen LogP contribution in [0.5, 0.6) is 0 Å². The minimum Gasteiger partial charge on any atom is -0.338 e. The summed E-state index contributed by atoms with van der Waals surface area (Å²) in [5.41, 5.74) is 5.71. The van der Waals surface area contributed by atoms with Crippen molar-refractivity contribution in [3.8, 4) is 21.8 Å². The first-order chi connectivity index (χ1) is 16.3. The fraction of sp³-hybridized carbons (Fsp3) is 0.296. The standard InChI is InChI=1S/C27H27FN4OS/c1-27(2,3)32-25(19-8-10-21(28)11-9-19)23(15-29-32)26-30-22(17-34-26)14-24(33)31-13-12-18-6-4-5-7-20(18)16-31/h4-11,15,17H,12-14,16H2,1-3H3. The Morgan fingerprint density at radius 3 is 2.56 bits per heavy atom. The maximum Gasteiger partial charge on any atom is 0.228 e. The van der Waals surface area contributed by atoms with E-state index in [0.717, 1.165) is 40.5 Å². The molecule has 0 unspecified atom stereocenters. The summed E-state index contributed by atoms with van der Waals surface area (Å²) in [4.78, 5) is 19.7. The molecule has 3 heterocycles. The van der Waals surface area contributed by atoms with Crippen molar-refractivity contribution in [2.75, 3.05) is 6.54 Å². The average Bonchev–Trinajstić information content (AvgIpc) is 3.46. The largest absolute Gasteiger partial charge is 0.338 e. The second-order valence-electron chi connectivity index (χ2n) is 9.65. The SMILES string of the molecule is CC(C)(C)n1ncc(-c2nc(CC(=O)N3CCc4ccccc4C3)cs2)c1-c1ccc(F)cc1. The van der Waals surface area contributed by atoms with Crippen LogP contribution < -0.4 is 0 Å². The number of amides is 1. The molecule has 0 N–H and O–H groups in total. The van der Waals surface area contributed by atoms with Gasteiger partial charge in [0.1, 0.15) is 10.8 Å². The topological polar surface area (TPSA) is 51.0 Å². The summed E-state index contributed by atoms with van der Waals surface area (Å²) in [7, 11) is 0. The van der Waals surface area contributed by atoms with Gasteiger partial charge in [0.15, 0.2) is 0 Å².